The first-order valence-electron chi connectivity index (χ1n) is 4.90. The molecule has 1 aromatic heterocycles. The molecule has 3 heteroatoms. The molecule has 0 radical (unpaired) electrons. The third kappa shape index (κ3) is 1.06. The SMILES string of the molecule is O=C1CCc2cc3cccnc3c(O)c21. The minimum atomic E-state index is 0.0232. The van der Waals surface area contributed by atoms with E-state index in [0.717, 1.165) is 17.4 Å². The lowest BCUT2D eigenvalue weighted by atomic mass is 10.0. The average molecular weight is 199 g/mol. The Balaban J connectivity index is 2.46. The number of carbonyl (C=O) groups excluding carboxylic acids is 1. The molecule has 0 bridgehead atoms. The standard InChI is InChI=1S/C12H9NO2/c14-9-4-3-7-6-8-2-1-5-13-11(8)12(15)10(7)9/h1-2,5-6,15H,3-4H2. The molecular formula is C12H9NO2. The first-order valence-corrected chi connectivity index (χ1v) is 4.90. The van der Waals surface area contributed by atoms with Crippen molar-refractivity contribution < 1.29 is 9.90 Å². The summed E-state index contributed by atoms with van der Waals surface area (Å²) < 4.78 is 0. The van der Waals surface area contributed by atoms with Crippen LogP contribution >= 0.6 is 0 Å². The molecule has 0 aliphatic heterocycles. The lowest BCUT2D eigenvalue weighted by Crippen LogP contribution is -1.93. The van der Waals surface area contributed by atoms with Crippen molar-refractivity contribution in [1.82, 2.24) is 4.98 Å². The van der Waals surface area contributed by atoms with Crippen molar-refractivity contribution in [2.24, 2.45) is 0 Å². The van der Waals surface area contributed by atoms with Crippen LogP contribution in [-0.2, 0) is 6.42 Å². The fraction of sp³-hybridized carbons (Fsp3) is 0.167. The Morgan fingerprint density at radius 1 is 1.33 bits per heavy atom. The largest absolute Gasteiger partial charge is 0.505 e. The van der Waals surface area contributed by atoms with E-state index in [4.69, 9.17) is 0 Å². The predicted octanol–water partition coefficient (Wildman–Crippen LogP) is 2.07. The number of phenolic OH excluding ortho intramolecular Hbond substituents is 1. The molecule has 2 aromatic rings. The van der Waals surface area contributed by atoms with Crippen molar-refractivity contribution in [2.45, 2.75) is 12.8 Å². The van der Waals surface area contributed by atoms with Gasteiger partial charge in [-0.25, -0.2) is 0 Å². The fourth-order valence-electron chi connectivity index (χ4n) is 2.14. The summed E-state index contributed by atoms with van der Waals surface area (Å²) in [5.74, 6) is 0.0700. The van der Waals surface area contributed by atoms with Crippen LogP contribution in [-0.4, -0.2) is 15.9 Å². The lowest BCUT2D eigenvalue weighted by molar-refractivity contribution is 0.0992. The molecule has 0 unspecified atom stereocenters. The lowest BCUT2D eigenvalue weighted by Gasteiger charge is -2.05. The molecule has 15 heavy (non-hydrogen) atoms. The van der Waals surface area contributed by atoms with Gasteiger partial charge in [-0.2, -0.15) is 0 Å². The second-order valence-electron chi connectivity index (χ2n) is 3.76. The van der Waals surface area contributed by atoms with Crippen molar-refractivity contribution in [3.8, 4) is 5.75 Å². The number of nitrogens with zero attached hydrogens (tertiary/aromatic N) is 1. The van der Waals surface area contributed by atoms with Crippen LogP contribution < -0.4 is 0 Å². The van der Waals surface area contributed by atoms with E-state index < -0.39 is 0 Å². The minimum Gasteiger partial charge on any atom is -0.505 e. The van der Waals surface area contributed by atoms with Crippen LogP contribution in [0.15, 0.2) is 24.4 Å². The Bertz CT molecular complexity index is 575. The van der Waals surface area contributed by atoms with E-state index in [1.165, 1.54) is 0 Å². The summed E-state index contributed by atoms with van der Waals surface area (Å²) in [5.41, 5.74) is 1.94. The molecule has 1 aliphatic rings. The number of hydrogen-bond donors (Lipinski definition) is 1. The number of aryl methyl sites for hydroxylation is 1. The number of aromatic nitrogens is 1. The monoisotopic (exact) mass is 199 g/mol. The molecule has 0 spiro atoms. The highest BCUT2D eigenvalue weighted by Crippen LogP contribution is 2.35. The summed E-state index contributed by atoms with van der Waals surface area (Å²) in [7, 11) is 0. The van der Waals surface area contributed by atoms with Gasteiger partial charge in [0, 0.05) is 18.0 Å². The van der Waals surface area contributed by atoms with E-state index in [-0.39, 0.29) is 11.5 Å². The Morgan fingerprint density at radius 2 is 2.20 bits per heavy atom. The maximum Gasteiger partial charge on any atom is 0.167 e. The van der Waals surface area contributed by atoms with Crippen LogP contribution in [0.25, 0.3) is 10.9 Å². The van der Waals surface area contributed by atoms with Crippen molar-refractivity contribution in [1.29, 1.82) is 0 Å². The van der Waals surface area contributed by atoms with Crippen molar-refractivity contribution in [2.75, 3.05) is 0 Å². The second kappa shape index (κ2) is 2.79. The van der Waals surface area contributed by atoms with Gasteiger partial charge in [0.05, 0.1) is 5.56 Å². The van der Waals surface area contributed by atoms with E-state index in [9.17, 15) is 9.90 Å². The van der Waals surface area contributed by atoms with E-state index in [2.05, 4.69) is 4.98 Å². The van der Waals surface area contributed by atoms with Crippen LogP contribution in [0, 0.1) is 0 Å². The predicted molar refractivity (Wildman–Crippen MR) is 56.1 cm³/mol. The van der Waals surface area contributed by atoms with Crippen LogP contribution in [0.5, 0.6) is 5.75 Å². The number of benzene rings is 1. The summed E-state index contributed by atoms with van der Waals surface area (Å²) in [6, 6.07) is 5.67. The molecule has 1 aliphatic carbocycles. The Hall–Kier alpha value is -1.90. The third-order valence-corrected chi connectivity index (χ3v) is 2.85. The summed E-state index contributed by atoms with van der Waals surface area (Å²) in [6.07, 6.45) is 2.85. The highest BCUT2D eigenvalue weighted by atomic mass is 16.3. The molecule has 3 rings (SSSR count). The maximum absolute atomic E-state index is 11.5. The topological polar surface area (TPSA) is 50.2 Å². The van der Waals surface area contributed by atoms with Crippen LogP contribution in [0.4, 0.5) is 0 Å². The molecule has 3 nitrogen and oxygen atoms in total. The van der Waals surface area contributed by atoms with Gasteiger partial charge in [0.1, 0.15) is 5.52 Å². The van der Waals surface area contributed by atoms with Crippen LogP contribution in [0.1, 0.15) is 22.3 Å². The van der Waals surface area contributed by atoms with E-state index in [0.29, 0.717) is 17.5 Å². The van der Waals surface area contributed by atoms with Crippen molar-refractivity contribution in [3.63, 3.8) is 0 Å². The number of hydrogen-bond acceptors (Lipinski definition) is 3. The van der Waals surface area contributed by atoms with E-state index in [1.807, 2.05) is 18.2 Å². The van der Waals surface area contributed by atoms with Crippen LogP contribution in [0.3, 0.4) is 0 Å². The molecule has 0 atom stereocenters. The first-order chi connectivity index (χ1) is 7.27. The van der Waals surface area contributed by atoms with Gasteiger partial charge >= 0.3 is 0 Å². The van der Waals surface area contributed by atoms with Gasteiger partial charge in [-0.05, 0) is 24.1 Å². The van der Waals surface area contributed by atoms with Gasteiger partial charge in [0.15, 0.2) is 11.5 Å². The average Bonchev–Trinajstić information content (AvgIpc) is 2.61. The molecule has 0 amide bonds. The van der Waals surface area contributed by atoms with Gasteiger partial charge in [0.25, 0.3) is 0 Å². The van der Waals surface area contributed by atoms with E-state index in [1.54, 1.807) is 6.20 Å². The molecule has 1 aromatic carbocycles. The number of carbonyl (C=O) groups is 1. The van der Waals surface area contributed by atoms with Crippen molar-refractivity contribution >= 4 is 16.7 Å². The molecule has 1 N–H and O–H groups in total. The van der Waals surface area contributed by atoms with E-state index >= 15 is 0 Å². The zero-order chi connectivity index (χ0) is 10.4. The molecule has 1 heterocycles. The molecule has 0 fully saturated rings. The van der Waals surface area contributed by atoms with Crippen LogP contribution in [0.2, 0.25) is 0 Å². The summed E-state index contributed by atoms with van der Waals surface area (Å²) in [4.78, 5) is 15.6. The zero-order valence-electron chi connectivity index (χ0n) is 8.03. The minimum absolute atomic E-state index is 0.0232. The zero-order valence-corrected chi connectivity index (χ0v) is 8.03. The number of rotatable bonds is 0. The molecular weight excluding hydrogens is 190 g/mol. The maximum atomic E-state index is 11.5. The highest BCUT2D eigenvalue weighted by Gasteiger charge is 2.25. The number of fused-ring (bicyclic) bond motifs is 2. The van der Waals surface area contributed by atoms with Gasteiger partial charge in [-0.1, -0.05) is 6.07 Å². The Morgan fingerprint density at radius 3 is 3.07 bits per heavy atom. The van der Waals surface area contributed by atoms with Crippen molar-refractivity contribution in [3.05, 3.63) is 35.5 Å². The quantitative estimate of drug-likeness (QED) is 0.706. The number of pyridine rings is 1. The van der Waals surface area contributed by atoms with Gasteiger partial charge in [-0.15, -0.1) is 0 Å². The highest BCUT2D eigenvalue weighted by molar-refractivity contribution is 6.07. The fourth-order valence-corrected chi connectivity index (χ4v) is 2.14. The second-order valence-corrected chi connectivity index (χ2v) is 3.76. The summed E-state index contributed by atoms with van der Waals surface area (Å²) in [5, 5.41) is 10.8. The van der Waals surface area contributed by atoms with Gasteiger partial charge in [-0.3, -0.25) is 9.78 Å². The molecule has 0 saturated heterocycles. The number of phenols is 1. The normalized spacial score (nSPS) is 14.5. The Kier molecular flexibility index (Phi) is 1.57. The first kappa shape index (κ1) is 8.41. The van der Waals surface area contributed by atoms with Gasteiger partial charge in [0.2, 0.25) is 0 Å². The Labute approximate surface area is 86.4 Å². The van der Waals surface area contributed by atoms with Gasteiger partial charge < -0.3 is 5.11 Å². The smallest absolute Gasteiger partial charge is 0.167 e. The third-order valence-electron chi connectivity index (χ3n) is 2.85. The summed E-state index contributed by atoms with van der Waals surface area (Å²) in [6.45, 7) is 0. The molecule has 74 valence electrons. The number of Topliss-reactive ketones (excluding diaryl/α,β-unsaturated/α-hetero) is 1. The number of aromatic hydroxyl groups is 1. The number of ketones is 1. The molecule has 0 saturated carbocycles. The summed E-state index contributed by atoms with van der Waals surface area (Å²) >= 11 is 0.